The monoisotopic (exact) mass is 431 g/mol. The molecular weight excluding hydrogens is 408 g/mol. The van der Waals surface area contributed by atoms with Gasteiger partial charge in [0.15, 0.2) is 0 Å². The van der Waals surface area contributed by atoms with Gasteiger partial charge in [0.2, 0.25) is 5.91 Å². The molecule has 0 saturated carbocycles. The number of rotatable bonds is 7. The van der Waals surface area contributed by atoms with E-state index in [1.165, 1.54) is 12.1 Å². The SMILES string of the molecule is CCC(CC)N1C(=O)C[C@H](Nc2ccc(C#N)c(Cl)c2)C1Cc1ccc(F)cc1F. The van der Waals surface area contributed by atoms with E-state index in [9.17, 15) is 13.6 Å². The molecule has 4 nitrogen and oxygen atoms in total. The molecule has 2 atom stereocenters. The van der Waals surface area contributed by atoms with E-state index >= 15 is 0 Å². The minimum absolute atomic E-state index is 0.00783. The van der Waals surface area contributed by atoms with Gasteiger partial charge < -0.3 is 10.2 Å². The van der Waals surface area contributed by atoms with Crippen LogP contribution in [-0.2, 0) is 11.2 Å². The number of hydrogen-bond donors (Lipinski definition) is 1. The van der Waals surface area contributed by atoms with Crippen LogP contribution in [0.3, 0.4) is 0 Å². The highest BCUT2D eigenvalue weighted by atomic mass is 35.5. The summed E-state index contributed by atoms with van der Waals surface area (Å²) in [4.78, 5) is 14.8. The van der Waals surface area contributed by atoms with E-state index in [0.29, 0.717) is 21.8 Å². The molecule has 0 aromatic heterocycles. The highest BCUT2D eigenvalue weighted by molar-refractivity contribution is 6.32. The first-order chi connectivity index (χ1) is 14.4. The van der Waals surface area contributed by atoms with E-state index in [4.69, 9.17) is 16.9 Å². The van der Waals surface area contributed by atoms with Crippen molar-refractivity contribution in [3.05, 3.63) is 64.2 Å². The van der Waals surface area contributed by atoms with Crippen LogP contribution < -0.4 is 5.32 Å². The zero-order valence-corrected chi connectivity index (χ0v) is 17.7. The summed E-state index contributed by atoms with van der Waals surface area (Å²) in [5, 5.41) is 12.7. The van der Waals surface area contributed by atoms with E-state index in [2.05, 4.69) is 5.32 Å². The number of carbonyl (C=O) groups excluding carboxylic acids is 1. The van der Waals surface area contributed by atoms with Crippen LogP contribution in [0.1, 0.15) is 44.2 Å². The maximum atomic E-state index is 14.4. The summed E-state index contributed by atoms with van der Waals surface area (Å²) in [6, 6.07) is 10.1. The second-order valence-electron chi connectivity index (χ2n) is 7.54. The van der Waals surface area contributed by atoms with Gasteiger partial charge in [0, 0.05) is 24.2 Å². The Hall–Kier alpha value is -2.65. The molecule has 2 aromatic carbocycles. The smallest absolute Gasteiger partial charge is 0.225 e. The van der Waals surface area contributed by atoms with Gasteiger partial charge in [-0.3, -0.25) is 4.79 Å². The molecule has 1 saturated heterocycles. The van der Waals surface area contributed by atoms with Gasteiger partial charge in [-0.2, -0.15) is 5.26 Å². The molecule has 1 fully saturated rings. The fourth-order valence-electron chi connectivity index (χ4n) is 4.17. The molecule has 2 aromatic rings. The minimum Gasteiger partial charge on any atom is -0.380 e. The Morgan fingerprint density at radius 2 is 1.97 bits per heavy atom. The molecule has 0 bridgehead atoms. The van der Waals surface area contributed by atoms with Crippen molar-refractivity contribution in [2.24, 2.45) is 0 Å². The molecule has 30 heavy (non-hydrogen) atoms. The highest BCUT2D eigenvalue weighted by Gasteiger charge is 2.42. The van der Waals surface area contributed by atoms with Crippen molar-refractivity contribution in [3.8, 4) is 6.07 Å². The van der Waals surface area contributed by atoms with Gasteiger partial charge in [0.05, 0.1) is 22.7 Å². The molecule has 1 aliphatic heterocycles. The average molecular weight is 432 g/mol. The van der Waals surface area contributed by atoms with Crippen molar-refractivity contribution in [2.45, 2.75) is 57.7 Å². The van der Waals surface area contributed by atoms with Crippen LogP contribution in [0.2, 0.25) is 5.02 Å². The Balaban J connectivity index is 1.92. The normalized spacial score (nSPS) is 18.7. The third-order valence-electron chi connectivity index (χ3n) is 5.73. The fraction of sp³-hybridized carbons (Fsp3) is 0.391. The number of carbonyl (C=O) groups is 1. The number of nitrogens with one attached hydrogen (secondary N) is 1. The quantitative estimate of drug-likeness (QED) is 0.647. The minimum atomic E-state index is -0.627. The van der Waals surface area contributed by atoms with Crippen molar-refractivity contribution in [1.29, 1.82) is 5.26 Å². The Bertz CT molecular complexity index is 971. The lowest BCUT2D eigenvalue weighted by atomic mass is 9.97. The molecule has 0 spiro atoms. The second-order valence-corrected chi connectivity index (χ2v) is 7.95. The van der Waals surface area contributed by atoms with Crippen molar-refractivity contribution < 1.29 is 13.6 Å². The van der Waals surface area contributed by atoms with Crippen molar-refractivity contribution >= 4 is 23.2 Å². The summed E-state index contributed by atoms with van der Waals surface area (Å²) >= 11 is 6.14. The number of hydrogen-bond acceptors (Lipinski definition) is 3. The van der Waals surface area contributed by atoms with Crippen LogP contribution in [0.4, 0.5) is 14.5 Å². The van der Waals surface area contributed by atoms with Gasteiger partial charge in [-0.1, -0.05) is 31.5 Å². The number of halogens is 3. The zero-order chi connectivity index (χ0) is 21.8. The summed E-state index contributed by atoms with van der Waals surface area (Å²) < 4.78 is 27.7. The number of nitrogens with zero attached hydrogens (tertiary/aromatic N) is 2. The lowest BCUT2D eigenvalue weighted by molar-refractivity contribution is -0.131. The van der Waals surface area contributed by atoms with E-state index in [1.54, 1.807) is 18.2 Å². The lowest BCUT2D eigenvalue weighted by Gasteiger charge is -2.35. The lowest BCUT2D eigenvalue weighted by Crippen LogP contribution is -2.46. The maximum Gasteiger partial charge on any atom is 0.225 e. The van der Waals surface area contributed by atoms with E-state index < -0.39 is 11.6 Å². The number of likely N-dealkylation sites (tertiary alicyclic amines) is 1. The van der Waals surface area contributed by atoms with Crippen LogP contribution in [0.25, 0.3) is 0 Å². The topological polar surface area (TPSA) is 56.1 Å². The summed E-state index contributed by atoms with van der Waals surface area (Å²) in [7, 11) is 0. The van der Waals surface area contributed by atoms with Crippen molar-refractivity contribution in [1.82, 2.24) is 4.90 Å². The Kier molecular flexibility index (Phi) is 6.94. The summed E-state index contributed by atoms with van der Waals surface area (Å²) in [6.07, 6.45) is 2.12. The molecule has 1 N–H and O–H groups in total. The largest absolute Gasteiger partial charge is 0.380 e. The van der Waals surface area contributed by atoms with Crippen LogP contribution in [-0.4, -0.2) is 28.9 Å². The first-order valence-corrected chi connectivity index (χ1v) is 10.5. The first-order valence-electron chi connectivity index (χ1n) is 10.1. The molecule has 7 heteroatoms. The maximum absolute atomic E-state index is 14.4. The third-order valence-corrected chi connectivity index (χ3v) is 6.04. The van der Waals surface area contributed by atoms with Crippen LogP contribution in [0.15, 0.2) is 36.4 Å². The van der Waals surface area contributed by atoms with Gasteiger partial charge in [-0.25, -0.2) is 8.78 Å². The summed E-state index contributed by atoms with van der Waals surface area (Å²) in [5.74, 6) is -1.23. The standard InChI is InChI=1S/C23H24ClF2N3O/c1-3-18(4-2)29-22(9-14-5-7-16(25)10-20(14)26)21(12-23(29)30)28-17-8-6-15(13-27)19(24)11-17/h5-8,10-11,18,21-22,28H,3-4,9,12H2,1-2H3/t21-,22?/m0/s1. The molecule has 0 radical (unpaired) electrons. The molecule has 0 aliphatic carbocycles. The van der Waals surface area contributed by atoms with Crippen LogP contribution >= 0.6 is 11.6 Å². The van der Waals surface area contributed by atoms with Gasteiger partial charge in [-0.15, -0.1) is 0 Å². The molecule has 1 unspecified atom stereocenters. The van der Waals surface area contributed by atoms with Crippen molar-refractivity contribution in [3.63, 3.8) is 0 Å². The third kappa shape index (κ3) is 4.57. The van der Waals surface area contributed by atoms with E-state index in [0.717, 1.165) is 18.9 Å². The van der Waals surface area contributed by atoms with Crippen molar-refractivity contribution in [2.75, 3.05) is 5.32 Å². The van der Waals surface area contributed by atoms with Gasteiger partial charge >= 0.3 is 0 Å². The zero-order valence-electron chi connectivity index (χ0n) is 17.0. The Morgan fingerprint density at radius 3 is 2.57 bits per heavy atom. The molecule has 1 amide bonds. The first kappa shape index (κ1) is 22.0. The number of benzene rings is 2. The highest BCUT2D eigenvalue weighted by Crippen LogP contribution is 2.31. The molecule has 1 heterocycles. The summed E-state index contributed by atoms with van der Waals surface area (Å²) in [5.41, 5.74) is 1.43. The molecular formula is C23H24ClF2N3O. The summed E-state index contributed by atoms with van der Waals surface area (Å²) in [6.45, 7) is 4.05. The average Bonchev–Trinajstić information content (AvgIpc) is 3.00. The number of amides is 1. The number of anilines is 1. The van der Waals surface area contributed by atoms with Crippen LogP contribution in [0, 0.1) is 23.0 Å². The molecule has 3 rings (SSSR count). The molecule has 1 aliphatic rings. The fourth-order valence-corrected chi connectivity index (χ4v) is 4.40. The van der Waals surface area contributed by atoms with E-state index in [-0.39, 0.29) is 36.9 Å². The van der Waals surface area contributed by atoms with Gasteiger partial charge in [0.25, 0.3) is 0 Å². The predicted molar refractivity (Wildman–Crippen MR) is 113 cm³/mol. The Labute approximate surface area is 180 Å². The van der Waals surface area contributed by atoms with Crippen LogP contribution in [0.5, 0.6) is 0 Å². The van der Waals surface area contributed by atoms with Gasteiger partial charge in [-0.05, 0) is 49.1 Å². The predicted octanol–water partition coefficient (Wildman–Crippen LogP) is 5.30. The Morgan fingerprint density at radius 1 is 1.23 bits per heavy atom. The molecule has 158 valence electrons. The van der Waals surface area contributed by atoms with Gasteiger partial charge in [0.1, 0.15) is 17.7 Å². The second kappa shape index (κ2) is 9.44. The number of nitriles is 1. The van der Waals surface area contributed by atoms with E-state index in [1.807, 2.05) is 24.8 Å².